The second-order valence-electron chi connectivity index (χ2n) is 6.56. The van der Waals surface area contributed by atoms with Crippen molar-refractivity contribution in [3.8, 4) is 0 Å². The summed E-state index contributed by atoms with van der Waals surface area (Å²) in [7, 11) is 0. The van der Waals surface area contributed by atoms with Crippen LogP contribution in [0.2, 0.25) is 0 Å². The van der Waals surface area contributed by atoms with Gasteiger partial charge in [-0.05, 0) is 33.6 Å². The van der Waals surface area contributed by atoms with E-state index in [2.05, 4.69) is 20.8 Å². The molecule has 0 saturated heterocycles. The summed E-state index contributed by atoms with van der Waals surface area (Å²) in [6.07, 6.45) is 1.15. The minimum Gasteiger partial charge on any atom is -0.444 e. The Morgan fingerprint density at radius 2 is 2.13 bits per heavy atom. The molecule has 1 aliphatic rings. The molecule has 0 atom stereocenters. The first kappa shape index (κ1) is 17.1. The van der Waals surface area contributed by atoms with Gasteiger partial charge in [0, 0.05) is 18.7 Å². The van der Waals surface area contributed by atoms with Gasteiger partial charge in [-0.15, -0.1) is 0 Å². The SMILES string of the molecule is CCCNC(=O)Nc1n[nH]c2c1CCN(C(=O)OC(C)(C)C)C2. The molecule has 8 nitrogen and oxygen atoms in total. The van der Waals surface area contributed by atoms with E-state index >= 15 is 0 Å². The van der Waals surface area contributed by atoms with Crippen molar-refractivity contribution >= 4 is 17.9 Å². The predicted molar refractivity (Wildman–Crippen MR) is 86.2 cm³/mol. The van der Waals surface area contributed by atoms with Crippen LogP contribution in [-0.4, -0.2) is 45.9 Å². The molecule has 0 fully saturated rings. The number of hydrogen-bond donors (Lipinski definition) is 3. The lowest BCUT2D eigenvalue weighted by atomic mass is 10.1. The number of aromatic nitrogens is 2. The minimum absolute atomic E-state index is 0.268. The molecular weight excluding hydrogens is 298 g/mol. The maximum Gasteiger partial charge on any atom is 0.410 e. The second-order valence-corrected chi connectivity index (χ2v) is 6.56. The first-order valence-corrected chi connectivity index (χ1v) is 7.89. The molecule has 0 spiro atoms. The average Bonchev–Trinajstić information content (AvgIpc) is 2.85. The van der Waals surface area contributed by atoms with E-state index in [0.717, 1.165) is 17.7 Å². The third-order valence-corrected chi connectivity index (χ3v) is 3.35. The molecule has 8 heteroatoms. The van der Waals surface area contributed by atoms with Gasteiger partial charge in [0.1, 0.15) is 5.60 Å². The first-order valence-electron chi connectivity index (χ1n) is 7.89. The number of amides is 3. The molecule has 0 unspecified atom stereocenters. The number of aromatic amines is 1. The van der Waals surface area contributed by atoms with E-state index in [1.807, 2.05) is 27.7 Å². The number of nitrogens with zero attached hydrogens (tertiary/aromatic N) is 2. The Kier molecular flexibility index (Phi) is 5.12. The van der Waals surface area contributed by atoms with Crippen molar-refractivity contribution in [2.75, 3.05) is 18.4 Å². The van der Waals surface area contributed by atoms with Crippen LogP contribution < -0.4 is 10.6 Å². The third-order valence-electron chi connectivity index (χ3n) is 3.35. The Balaban J connectivity index is 1.98. The molecule has 1 aliphatic heterocycles. The van der Waals surface area contributed by atoms with Crippen LogP contribution >= 0.6 is 0 Å². The number of hydrogen-bond acceptors (Lipinski definition) is 4. The maximum atomic E-state index is 12.1. The van der Waals surface area contributed by atoms with Crippen molar-refractivity contribution in [3.63, 3.8) is 0 Å². The van der Waals surface area contributed by atoms with E-state index in [1.54, 1.807) is 4.90 Å². The van der Waals surface area contributed by atoms with Gasteiger partial charge >= 0.3 is 12.1 Å². The molecule has 2 heterocycles. The molecule has 1 aromatic rings. The number of anilines is 1. The highest BCUT2D eigenvalue weighted by Gasteiger charge is 2.28. The van der Waals surface area contributed by atoms with E-state index in [0.29, 0.717) is 31.9 Å². The van der Waals surface area contributed by atoms with E-state index in [9.17, 15) is 9.59 Å². The molecular formula is C15H25N5O3. The fourth-order valence-electron chi connectivity index (χ4n) is 2.29. The number of H-pyrrole nitrogens is 1. The summed E-state index contributed by atoms with van der Waals surface area (Å²) < 4.78 is 5.38. The van der Waals surface area contributed by atoms with Crippen LogP contribution in [0.15, 0.2) is 0 Å². The standard InChI is InChI=1S/C15H25N5O3/c1-5-7-16-13(21)17-12-10-6-8-20(9-11(10)18-19-12)14(22)23-15(2,3)4/h5-9H2,1-4H3,(H3,16,17,18,19,21). The van der Waals surface area contributed by atoms with Crippen molar-refractivity contribution in [2.24, 2.45) is 0 Å². The highest BCUT2D eigenvalue weighted by Crippen LogP contribution is 2.24. The maximum absolute atomic E-state index is 12.1. The summed E-state index contributed by atoms with van der Waals surface area (Å²) in [4.78, 5) is 25.5. The Hall–Kier alpha value is -2.25. The molecule has 3 N–H and O–H groups in total. The normalized spacial score (nSPS) is 14.2. The van der Waals surface area contributed by atoms with E-state index in [-0.39, 0.29) is 12.1 Å². The van der Waals surface area contributed by atoms with Gasteiger partial charge in [-0.25, -0.2) is 9.59 Å². The zero-order valence-corrected chi connectivity index (χ0v) is 14.2. The molecule has 0 aliphatic carbocycles. The lowest BCUT2D eigenvalue weighted by Gasteiger charge is -2.29. The number of rotatable bonds is 3. The lowest BCUT2D eigenvalue weighted by molar-refractivity contribution is 0.0221. The van der Waals surface area contributed by atoms with Crippen LogP contribution in [0.25, 0.3) is 0 Å². The van der Waals surface area contributed by atoms with Crippen molar-refractivity contribution < 1.29 is 14.3 Å². The first-order chi connectivity index (χ1) is 10.8. The topological polar surface area (TPSA) is 99.4 Å². The van der Waals surface area contributed by atoms with Crippen molar-refractivity contribution in [2.45, 2.75) is 52.7 Å². The molecule has 2 rings (SSSR count). The van der Waals surface area contributed by atoms with Crippen molar-refractivity contribution in [1.82, 2.24) is 20.4 Å². The minimum atomic E-state index is -0.518. The smallest absolute Gasteiger partial charge is 0.410 e. The van der Waals surface area contributed by atoms with Crippen molar-refractivity contribution in [1.29, 1.82) is 0 Å². The van der Waals surface area contributed by atoms with E-state index in [4.69, 9.17) is 4.74 Å². The highest BCUT2D eigenvalue weighted by molar-refractivity contribution is 5.89. The van der Waals surface area contributed by atoms with Crippen LogP contribution in [0.1, 0.15) is 45.4 Å². The molecule has 0 aromatic carbocycles. The molecule has 128 valence electrons. The Labute approximate surface area is 135 Å². The number of carbonyl (C=O) groups excluding carboxylic acids is 2. The van der Waals surface area contributed by atoms with Gasteiger partial charge in [0.2, 0.25) is 0 Å². The fraction of sp³-hybridized carbons (Fsp3) is 0.667. The van der Waals surface area contributed by atoms with Gasteiger partial charge in [-0.1, -0.05) is 6.92 Å². The number of carbonyl (C=O) groups is 2. The van der Waals surface area contributed by atoms with Crippen LogP contribution in [0, 0.1) is 0 Å². The van der Waals surface area contributed by atoms with Gasteiger partial charge in [0.05, 0.1) is 12.2 Å². The second kappa shape index (κ2) is 6.89. The quantitative estimate of drug-likeness (QED) is 0.794. The molecule has 3 amide bonds. The van der Waals surface area contributed by atoms with Crippen LogP contribution in [0.3, 0.4) is 0 Å². The Bertz CT molecular complexity index is 576. The number of urea groups is 1. The van der Waals surface area contributed by atoms with E-state index in [1.165, 1.54) is 0 Å². The third kappa shape index (κ3) is 4.61. The van der Waals surface area contributed by atoms with Gasteiger partial charge < -0.3 is 15.0 Å². The van der Waals surface area contributed by atoms with Gasteiger partial charge in [0.25, 0.3) is 0 Å². The summed E-state index contributed by atoms with van der Waals surface area (Å²) in [6.45, 7) is 9.06. The van der Waals surface area contributed by atoms with Gasteiger partial charge in [-0.2, -0.15) is 5.10 Å². The Morgan fingerprint density at radius 1 is 1.39 bits per heavy atom. The zero-order valence-electron chi connectivity index (χ0n) is 14.2. The molecule has 23 heavy (non-hydrogen) atoms. The summed E-state index contributed by atoms with van der Waals surface area (Å²) >= 11 is 0. The zero-order chi connectivity index (χ0) is 17.0. The monoisotopic (exact) mass is 323 g/mol. The molecule has 0 bridgehead atoms. The Morgan fingerprint density at radius 3 is 2.78 bits per heavy atom. The summed E-state index contributed by atoms with van der Waals surface area (Å²) in [6, 6.07) is -0.268. The van der Waals surface area contributed by atoms with Crippen LogP contribution in [0.5, 0.6) is 0 Å². The molecule has 0 saturated carbocycles. The largest absolute Gasteiger partial charge is 0.444 e. The van der Waals surface area contributed by atoms with E-state index < -0.39 is 5.60 Å². The lowest BCUT2D eigenvalue weighted by Crippen LogP contribution is -2.40. The summed E-state index contributed by atoms with van der Waals surface area (Å²) in [5.41, 5.74) is 1.25. The number of fused-ring (bicyclic) bond motifs is 1. The molecule has 1 aromatic heterocycles. The predicted octanol–water partition coefficient (Wildman–Crippen LogP) is 2.23. The highest BCUT2D eigenvalue weighted by atomic mass is 16.6. The number of nitrogens with one attached hydrogen (secondary N) is 3. The summed E-state index contributed by atoms with van der Waals surface area (Å²) in [5, 5.41) is 12.5. The average molecular weight is 323 g/mol. The number of ether oxygens (including phenoxy) is 1. The van der Waals surface area contributed by atoms with Gasteiger partial charge in [0.15, 0.2) is 5.82 Å². The molecule has 0 radical (unpaired) electrons. The fourth-order valence-corrected chi connectivity index (χ4v) is 2.29. The van der Waals surface area contributed by atoms with Crippen LogP contribution in [0.4, 0.5) is 15.4 Å². The van der Waals surface area contributed by atoms with Crippen LogP contribution in [-0.2, 0) is 17.7 Å². The summed E-state index contributed by atoms with van der Waals surface area (Å²) in [5.74, 6) is 0.525. The van der Waals surface area contributed by atoms with Crippen molar-refractivity contribution in [3.05, 3.63) is 11.3 Å². The van der Waals surface area contributed by atoms with Gasteiger partial charge in [-0.3, -0.25) is 10.4 Å².